The number of carbonyl (C=O) groups is 1. The lowest BCUT2D eigenvalue weighted by molar-refractivity contribution is 0.0903. The van der Waals surface area contributed by atoms with E-state index in [1.165, 1.54) is 20.1 Å². The van der Waals surface area contributed by atoms with Gasteiger partial charge in [0.2, 0.25) is 0 Å². The van der Waals surface area contributed by atoms with Crippen LogP contribution in [0.25, 0.3) is 11.0 Å². The van der Waals surface area contributed by atoms with E-state index in [9.17, 15) is 4.79 Å². The van der Waals surface area contributed by atoms with Crippen LogP contribution in [-0.2, 0) is 0 Å². The van der Waals surface area contributed by atoms with Crippen molar-refractivity contribution in [1.29, 1.82) is 0 Å². The molecule has 3 atom stereocenters. The van der Waals surface area contributed by atoms with Crippen molar-refractivity contribution in [2.45, 2.75) is 18.9 Å². The predicted molar refractivity (Wildman–Crippen MR) is 81.0 cm³/mol. The summed E-state index contributed by atoms with van der Waals surface area (Å²) in [6.07, 6.45) is 3.88. The van der Waals surface area contributed by atoms with Gasteiger partial charge in [-0.25, -0.2) is 4.98 Å². The minimum absolute atomic E-state index is 0.145. The number of nitrogens with one attached hydrogen (secondary N) is 1. The van der Waals surface area contributed by atoms with Crippen molar-refractivity contribution in [3.8, 4) is 5.88 Å². The summed E-state index contributed by atoms with van der Waals surface area (Å²) in [6.45, 7) is 3.27. The number of carbonyl (C=O) groups excluding carboxylic acids is 1. The molecule has 2 bridgehead atoms. The van der Waals surface area contributed by atoms with Crippen LogP contribution >= 0.6 is 0 Å². The van der Waals surface area contributed by atoms with Crippen molar-refractivity contribution >= 4 is 16.9 Å². The van der Waals surface area contributed by atoms with Gasteiger partial charge in [-0.3, -0.25) is 4.79 Å². The largest absolute Gasteiger partial charge is 0.478 e. The third-order valence-electron chi connectivity index (χ3n) is 4.63. The Bertz CT molecular complexity index is 700. The minimum Gasteiger partial charge on any atom is -0.478 e. The van der Waals surface area contributed by atoms with Gasteiger partial charge in [-0.2, -0.15) is 0 Å². The number of amides is 1. The summed E-state index contributed by atoms with van der Waals surface area (Å²) in [5, 5.41) is 3.94. The number of nitrogens with zero attached hydrogens (tertiary/aromatic N) is 2. The highest BCUT2D eigenvalue weighted by Crippen LogP contribution is 2.28. The fourth-order valence-corrected chi connectivity index (χ4v) is 3.62. The first-order valence-electron chi connectivity index (χ1n) is 7.68. The molecular weight excluding hydrogens is 282 g/mol. The van der Waals surface area contributed by atoms with Crippen LogP contribution in [0.4, 0.5) is 0 Å². The molecule has 4 heterocycles. The summed E-state index contributed by atoms with van der Waals surface area (Å²) in [4.78, 5) is 19.2. The molecule has 1 unspecified atom stereocenters. The summed E-state index contributed by atoms with van der Waals surface area (Å²) < 4.78 is 10.6. The smallest absolute Gasteiger partial charge is 0.270 e. The molecule has 0 radical (unpaired) electrons. The molecule has 6 nitrogen and oxygen atoms in total. The Morgan fingerprint density at radius 2 is 2.41 bits per heavy atom. The van der Waals surface area contributed by atoms with E-state index in [1.807, 2.05) is 6.07 Å². The van der Waals surface area contributed by atoms with Gasteiger partial charge in [-0.1, -0.05) is 0 Å². The summed E-state index contributed by atoms with van der Waals surface area (Å²) in [6, 6.07) is 3.76. The van der Waals surface area contributed by atoms with Crippen LogP contribution in [0.15, 0.2) is 22.8 Å². The number of furan rings is 1. The fourth-order valence-electron chi connectivity index (χ4n) is 3.62. The molecule has 0 spiro atoms. The third-order valence-corrected chi connectivity index (χ3v) is 4.63. The predicted octanol–water partition coefficient (Wildman–Crippen LogP) is 1.66. The lowest BCUT2D eigenvalue weighted by atomic mass is 9.97. The van der Waals surface area contributed by atoms with Crippen molar-refractivity contribution in [3.63, 3.8) is 0 Å². The minimum atomic E-state index is -0.145. The summed E-state index contributed by atoms with van der Waals surface area (Å²) >= 11 is 0. The van der Waals surface area contributed by atoms with Crippen LogP contribution in [0.3, 0.4) is 0 Å². The number of methoxy groups -OCH3 is 1. The molecule has 0 saturated carbocycles. The highest BCUT2D eigenvalue weighted by molar-refractivity contribution is 5.97. The maximum absolute atomic E-state index is 12.5. The van der Waals surface area contributed by atoms with Crippen molar-refractivity contribution in [2.75, 3.05) is 26.7 Å². The van der Waals surface area contributed by atoms with Crippen molar-refractivity contribution in [3.05, 3.63) is 24.1 Å². The molecule has 4 rings (SSSR count). The van der Waals surface area contributed by atoms with Crippen LogP contribution in [0.5, 0.6) is 5.88 Å². The lowest BCUT2D eigenvalue weighted by Gasteiger charge is -2.30. The fraction of sp³-hybridized carbons (Fsp3) is 0.500. The van der Waals surface area contributed by atoms with Crippen LogP contribution in [0, 0.1) is 5.92 Å². The van der Waals surface area contributed by atoms with E-state index in [1.54, 1.807) is 12.3 Å². The van der Waals surface area contributed by atoms with Gasteiger partial charge in [0, 0.05) is 24.5 Å². The zero-order chi connectivity index (χ0) is 15.1. The summed E-state index contributed by atoms with van der Waals surface area (Å²) in [5.41, 5.74) is 0.944. The van der Waals surface area contributed by atoms with Crippen LogP contribution < -0.4 is 10.1 Å². The summed E-state index contributed by atoms with van der Waals surface area (Å²) in [5.74, 6) is 0.923. The van der Waals surface area contributed by atoms with Crippen LogP contribution in [0.1, 0.15) is 23.3 Å². The lowest BCUT2D eigenvalue weighted by Crippen LogP contribution is -2.47. The molecule has 2 aromatic rings. The number of hydrogen-bond acceptors (Lipinski definition) is 5. The number of aromatic nitrogens is 1. The molecule has 2 fully saturated rings. The van der Waals surface area contributed by atoms with Gasteiger partial charge in [-0.15, -0.1) is 0 Å². The highest BCUT2D eigenvalue weighted by Gasteiger charge is 2.33. The molecule has 22 heavy (non-hydrogen) atoms. The molecule has 0 aliphatic carbocycles. The molecule has 1 N–H and O–H groups in total. The Hall–Kier alpha value is -2.08. The van der Waals surface area contributed by atoms with Gasteiger partial charge < -0.3 is 19.4 Å². The van der Waals surface area contributed by atoms with Gasteiger partial charge in [0.15, 0.2) is 5.58 Å². The Balaban J connectivity index is 1.55. The van der Waals surface area contributed by atoms with Gasteiger partial charge in [0.1, 0.15) is 5.69 Å². The zero-order valence-electron chi connectivity index (χ0n) is 12.5. The number of ether oxygens (including phenoxy) is 1. The van der Waals surface area contributed by atoms with E-state index in [0.29, 0.717) is 17.2 Å². The average molecular weight is 301 g/mol. The van der Waals surface area contributed by atoms with Gasteiger partial charge in [-0.05, 0) is 37.4 Å². The normalized spacial score (nSPS) is 27.0. The second kappa shape index (κ2) is 5.28. The topological polar surface area (TPSA) is 67.6 Å². The molecule has 2 aromatic heterocycles. The maximum Gasteiger partial charge on any atom is 0.270 e. The number of piperidine rings is 1. The first kappa shape index (κ1) is 13.6. The Morgan fingerprint density at radius 3 is 3.23 bits per heavy atom. The molecule has 1 amide bonds. The molecule has 2 aliphatic heterocycles. The van der Waals surface area contributed by atoms with Crippen LogP contribution in [-0.4, -0.2) is 48.6 Å². The second-order valence-corrected chi connectivity index (χ2v) is 6.18. The van der Waals surface area contributed by atoms with E-state index in [4.69, 9.17) is 9.15 Å². The van der Waals surface area contributed by atoms with E-state index in [2.05, 4.69) is 15.2 Å². The Labute approximate surface area is 128 Å². The molecule has 116 valence electrons. The van der Waals surface area contributed by atoms with Gasteiger partial charge in [0.05, 0.1) is 13.4 Å². The SMILES string of the molecule is COc1nc(C(=O)N[C@@H]2C[C@H]3CCN(C3)C2)cc2ccoc12. The third kappa shape index (κ3) is 2.33. The van der Waals surface area contributed by atoms with E-state index in [-0.39, 0.29) is 11.9 Å². The van der Waals surface area contributed by atoms with Crippen LogP contribution in [0.2, 0.25) is 0 Å². The van der Waals surface area contributed by atoms with Gasteiger partial charge in [0.25, 0.3) is 11.8 Å². The number of pyridine rings is 1. The number of rotatable bonds is 3. The molecule has 0 aromatic carbocycles. The highest BCUT2D eigenvalue weighted by atomic mass is 16.5. The molecule has 2 saturated heterocycles. The first-order valence-corrected chi connectivity index (χ1v) is 7.68. The summed E-state index contributed by atoms with van der Waals surface area (Å²) in [7, 11) is 1.53. The molecular formula is C16H19N3O3. The van der Waals surface area contributed by atoms with Gasteiger partial charge >= 0.3 is 0 Å². The average Bonchev–Trinajstić information content (AvgIpc) is 3.12. The molecule has 6 heteroatoms. The van der Waals surface area contributed by atoms with E-state index < -0.39 is 0 Å². The standard InChI is InChI=1S/C16H19N3O3/c1-21-16-14-11(3-5-22-14)7-13(18-16)15(20)17-12-6-10-2-4-19(8-10)9-12/h3,5,7,10,12H,2,4,6,8-9H2,1H3,(H,17,20)/t10-,12-/m1/s1. The van der Waals surface area contributed by atoms with E-state index >= 15 is 0 Å². The number of hydrogen-bond donors (Lipinski definition) is 1. The Morgan fingerprint density at radius 1 is 1.50 bits per heavy atom. The maximum atomic E-state index is 12.5. The quantitative estimate of drug-likeness (QED) is 0.934. The molecule has 2 aliphatic rings. The number of fused-ring (bicyclic) bond motifs is 3. The monoisotopic (exact) mass is 301 g/mol. The van der Waals surface area contributed by atoms with E-state index in [0.717, 1.165) is 30.8 Å². The van der Waals surface area contributed by atoms with Crippen molar-refractivity contribution < 1.29 is 13.9 Å². The van der Waals surface area contributed by atoms with Crippen molar-refractivity contribution in [1.82, 2.24) is 15.2 Å². The second-order valence-electron chi connectivity index (χ2n) is 6.18. The van der Waals surface area contributed by atoms with Crippen molar-refractivity contribution in [2.24, 2.45) is 5.92 Å². The Kier molecular flexibility index (Phi) is 3.26. The zero-order valence-corrected chi connectivity index (χ0v) is 12.5. The first-order chi connectivity index (χ1) is 10.7.